The second-order valence-corrected chi connectivity index (χ2v) is 7.86. The Hall–Kier alpha value is -1.66. The van der Waals surface area contributed by atoms with Crippen LogP contribution in [0.5, 0.6) is 0 Å². The Morgan fingerprint density at radius 2 is 1.87 bits per heavy atom. The fraction of sp³-hybridized carbons (Fsp3) is 0.471. The zero-order chi connectivity index (χ0) is 17.0. The molecular weight excluding hydrogens is 310 g/mol. The van der Waals surface area contributed by atoms with Gasteiger partial charge in [0.15, 0.2) is 0 Å². The van der Waals surface area contributed by atoms with Gasteiger partial charge >= 0.3 is 0 Å². The van der Waals surface area contributed by atoms with Gasteiger partial charge in [0.2, 0.25) is 10.0 Å². The third-order valence-corrected chi connectivity index (χ3v) is 5.78. The standard InChI is InChI=1S/C17H25N3O2S/c1-13(16-8-6-5-7-9-16)12-23(21,22)18-11-10-17-14(2)19-20(4)15(17)3/h5-9,13,18H,10-12H2,1-4H3. The molecule has 1 unspecified atom stereocenters. The first-order chi connectivity index (χ1) is 10.8. The summed E-state index contributed by atoms with van der Waals surface area (Å²) in [5, 5.41) is 4.35. The van der Waals surface area contributed by atoms with Crippen molar-refractivity contribution >= 4 is 10.0 Å². The van der Waals surface area contributed by atoms with Crippen molar-refractivity contribution in [1.29, 1.82) is 0 Å². The smallest absolute Gasteiger partial charge is 0.212 e. The predicted molar refractivity (Wildman–Crippen MR) is 93.0 cm³/mol. The molecule has 0 amide bonds. The van der Waals surface area contributed by atoms with Gasteiger partial charge in [0.05, 0.1) is 11.4 Å². The van der Waals surface area contributed by atoms with Crippen molar-refractivity contribution < 1.29 is 8.42 Å². The summed E-state index contributed by atoms with van der Waals surface area (Å²) in [6.07, 6.45) is 0.657. The predicted octanol–water partition coefficient (Wildman–Crippen LogP) is 2.30. The highest BCUT2D eigenvalue weighted by Gasteiger charge is 2.17. The molecule has 0 spiro atoms. The first-order valence-corrected chi connectivity index (χ1v) is 9.46. The second-order valence-electron chi connectivity index (χ2n) is 6.01. The molecule has 2 rings (SSSR count). The number of rotatable bonds is 7. The first-order valence-electron chi connectivity index (χ1n) is 7.81. The zero-order valence-corrected chi connectivity index (χ0v) is 15.0. The van der Waals surface area contributed by atoms with E-state index in [-0.39, 0.29) is 11.7 Å². The van der Waals surface area contributed by atoms with Gasteiger partial charge in [0.25, 0.3) is 0 Å². The lowest BCUT2D eigenvalue weighted by atomic mass is 10.0. The van der Waals surface area contributed by atoms with Crippen molar-refractivity contribution in [3.05, 3.63) is 52.8 Å². The van der Waals surface area contributed by atoms with Gasteiger partial charge in [-0.3, -0.25) is 4.68 Å². The number of nitrogens with zero attached hydrogens (tertiary/aromatic N) is 2. The maximum absolute atomic E-state index is 12.2. The summed E-state index contributed by atoms with van der Waals surface area (Å²) < 4.78 is 29.0. The lowest BCUT2D eigenvalue weighted by Crippen LogP contribution is -2.30. The summed E-state index contributed by atoms with van der Waals surface area (Å²) in [6, 6.07) is 9.71. The van der Waals surface area contributed by atoms with Crippen molar-refractivity contribution in [3.8, 4) is 0 Å². The van der Waals surface area contributed by atoms with E-state index in [4.69, 9.17) is 0 Å². The van der Waals surface area contributed by atoms with E-state index in [0.717, 1.165) is 22.5 Å². The Kier molecular flexibility index (Phi) is 5.59. The maximum atomic E-state index is 12.2. The Morgan fingerprint density at radius 3 is 2.43 bits per heavy atom. The number of benzene rings is 1. The highest BCUT2D eigenvalue weighted by molar-refractivity contribution is 7.89. The van der Waals surface area contributed by atoms with Crippen LogP contribution >= 0.6 is 0 Å². The van der Waals surface area contributed by atoms with Gasteiger partial charge in [-0.2, -0.15) is 5.10 Å². The minimum atomic E-state index is -3.30. The summed E-state index contributed by atoms with van der Waals surface area (Å²) >= 11 is 0. The van der Waals surface area contributed by atoms with Gasteiger partial charge in [0, 0.05) is 19.3 Å². The molecular formula is C17H25N3O2S. The van der Waals surface area contributed by atoms with Crippen molar-refractivity contribution in [2.24, 2.45) is 7.05 Å². The average molecular weight is 335 g/mol. The molecule has 2 aromatic rings. The van der Waals surface area contributed by atoms with Crippen LogP contribution in [0.3, 0.4) is 0 Å². The lowest BCUT2D eigenvalue weighted by molar-refractivity contribution is 0.576. The van der Waals surface area contributed by atoms with Crippen LogP contribution in [-0.4, -0.2) is 30.5 Å². The minimum Gasteiger partial charge on any atom is -0.272 e. The minimum absolute atomic E-state index is 0.0319. The Bertz CT molecular complexity index is 752. The molecule has 1 N–H and O–H groups in total. The zero-order valence-electron chi connectivity index (χ0n) is 14.2. The molecule has 0 aliphatic rings. The number of hydrogen-bond donors (Lipinski definition) is 1. The van der Waals surface area contributed by atoms with E-state index in [1.807, 2.05) is 62.8 Å². The van der Waals surface area contributed by atoms with Gasteiger partial charge < -0.3 is 0 Å². The summed E-state index contributed by atoms with van der Waals surface area (Å²) in [4.78, 5) is 0. The molecule has 1 aromatic carbocycles. The van der Waals surface area contributed by atoms with E-state index in [1.165, 1.54) is 0 Å². The van der Waals surface area contributed by atoms with E-state index < -0.39 is 10.0 Å². The maximum Gasteiger partial charge on any atom is 0.212 e. The molecule has 126 valence electrons. The third-order valence-electron chi connectivity index (χ3n) is 4.19. The van der Waals surface area contributed by atoms with Crippen LogP contribution in [0.25, 0.3) is 0 Å². The normalized spacial score (nSPS) is 13.2. The molecule has 1 atom stereocenters. The largest absolute Gasteiger partial charge is 0.272 e. The van der Waals surface area contributed by atoms with Crippen LogP contribution in [0, 0.1) is 13.8 Å². The highest BCUT2D eigenvalue weighted by Crippen LogP contribution is 2.16. The Balaban J connectivity index is 1.92. The topological polar surface area (TPSA) is 64.0 Å². The van der Waals surface area contributed by atoms with Crippen LogP contribution in [0.15, 0.2) is 30.3 Å². The van der Waals surface area contributed by atoms with Crippen LogP contribution < -0.4 is 4.72 Å². The number of sulfonamides is 1. The molecule has 0 aliphatic heterocycles. The van der Waals surface area contributed by atoms with E-state index in [1.54, 1.807) is 0 Å². The molecule has 1 heterocycles. The van der Waals surface area contributed by atoms with Crippen LogP contribution in [0.4, 0.5) is 0 Å². The van der Waals surface area contributed by atoms with Gasteiger partial charge in [-0.05, 0) is 37.3 Å². The average Bonchev–Trinajstić information content (AvgIpc) is 2.74. The summed E-state index contributed by atoms with van der Waals surface area (Å²) in [7, 11) is -1.39. The van der Waals surface area contributed by atoms with Crippen LogP contribution in [0.1, 0.15) is 35.4 Å². The molecule has 1 aromatic heterocycles. The van der Waals surface area contributed by atoms with Crippen molar-refractivity contribution in [2.45, 2.75) is 33.1 Å². The first kappa shape index (κ1) is 17.7. The molecule has 0 bridgehead atoms. The molecule has 0 aliphatic carbocycles. The van der Waals surface area contributed by atoms with E-state index in [0.29, 0.717) is 13.0 Å². The van der Waals surface area contributed by atoms with Gasteiger partial charge in [-0.1, -0.05) is 37.3 Å². The number of nitrogens with one attached hydrogen (secondary N) is 1. The van der Waals surface area contributed by atoms with Crippen LogP contribution in [-0.2, 0) is 23.5 Å². The fourth-order valence-corrected chi connectivity index (χ4v) is 4.16. The second kappa shape index (κ2) is 7.27. The molecule has 0 radical (unpaired) electrons. The molecule has 5 nitrogen and oxygen atoms in total. The van der Waals surface area contributed by atoms with E-state index in [9.17, 15) is 8.42 Å². The number of aryl methyl sites for hydroxylation is 2. The molecule has 0 saturated carbocycles. The van der Waals surface area contributed by atoms with Gasteiger partial charge in [0.1, 0.15) is 0 Å². The highest BCUT2D eigenvalue weighted by atomic mass is 32.2. The summed E-state index contributed by atoms with van der Waals surface area (Å²) in [5.74, 6) is 0.0673. The van der Waals surface area contributed by atoms with Crippen molar-refractivity contribution in [1.82, 2.24) is 14.5 Å². The number of aromatic nitrogens is 2. The fourth-order valence-electron chi connectivity index (χ4n) is 2.78. The third kappa shape index (κ3) is 4.65. The lowest BCUT2D eigenvalue weighted by Gasteiger charge is -2.13. The van der Waals surface area contributed by atoms with Crippen molar-refractivity contribution in [2.75, 3.05) is 12.3 Å². The SMILES string of the molecule is Cc1nn(C)c(C)c1CCNS(=O)(=O)CC(C)c1ccccc1. The Labute approximate surface area is 138 Å². The molecule has 23 heavy (non-hydrogen) atoms. The van der Waals surface area contributed by atoms with E-state index in [2.05, 4.69) is 9.82 Å². The monoisotopic (exact) mass is 335 g/mol. The van der Waals surface area contributed by atoms with Gasteiger partial charge in [-0.25, -0.2) is 13.1 Å². The molecule has 0 saturated heterocycles. The Morgan fingerprint density at radius 1 is 1.22 bits per heavy atom. The quantitative estimate of drug-likeness (QED) is 0.844. The molecule has 6 heteroatoms. The van der Waals surface area contributed by atoms with E-state index >= 15 is 0 Å². The summed E-state index contributed by atoms with van der Waals surface area (Å²) in [5.41, 5.74) is 4.20. The summed E-state index contributed by atoms with van der Waals surface area (Å²) in [6.45, 7) is 6.29. The molecule has 0 fully saturated rings. The number of hydrogen-bond acceptors (Lipinski definition) is 3. The van der Waals surface area contributed by atoms with Crippen LogP contribution in [0.2, 0.25) is 0 Å². The van der Waals surface area contributed by atoms with Crippen molar-refractivity contribution in [3.63, 3.8) is 0 Å². The van der Waals surface area contributed by atoms with Gasteiger partial charge in [-0.15, -0.1) is 0 Å².